The quantitative estimate of drug-likeness (QED) is 0.664. The zero-order valence-corrected chi connectivity index (χ0v) is 14.7. The largest absolute Gasteiger partial charge is 0.511 e. The minimum absolute atomic E-state index is 0.0320. The second kappa shape index (κ2) is 6.60. The number of amidine groups is 1. The van der Waals surface area contributed by atoms with E-state index < -0.39 is 0 Å². The van der Waals surface area contributed by atoms with Crippen LogP contribution >= 0.6 is 0 Å². The molecule has 0 saturated heterocycles. The Morgan fingerprint density at radius 1 is 1.19 bits per heavy atom. The van der Waals surface area contributed by atoms with Gasteiger partial charge in [0, 0.05) is 13.0 Å². The minimum atomic E-state index is -0.307. The Labute approximate surface area is 155 Å². The summed E-state index contributed by atoms with van der Waals surface area (Å²) in [6, 6.07) is 14.4. The number of H-pyrrole nitrogens is 1. The number of aromatic nitrogens is 2. The van der Waals surface area contributed by atoms with E-state index in [1.807, 2.05) is 24.3 Å². The Balaban J connectivity index is 1.83. The molecule has 2 heterocycles. The average Bonchev–Trinajstić information content (AvgIpc) is 2.68. The van der Waals surface area contributed by atoms with E-state index in [2.05, 4.69) is 9.97 Å². The standard InChI is InChI=1S/C20H18N4O3/c1-27-16-9-5-4-8-14(16)24-11-10-15(25)17(18(24)21)19-22-13-7-3-2-6-12(13)20(26)23-19/h2-9,21,25H,10-11H2,1H3,(H,22,23,26). The number of anilines is 1. The molecule has 0 spiro atoms. The summed E-state index contributed by atoms with van der Waals surface area (Å²) in [6.07, 6.45) is 0.326. The fraction of sp³-hybridized carbons (Fsp3) is 0.150. The van der Waals surface area contributed by atoms with Crippen LogP contribution < -0.4 is 15.2 Å². The highest BCUT2D eigenvalue weighted by molar-refractivity contribution is 6.28. The maximum absolute atomic E-state index is 12.4. The van der Waals surface area contributed by atoms with E-state index in [1.165, 1.54) is 0 Å². The normalized spacial score (nSPS) is 14.7. The average molecular weight is 362 g/mol. The summed E-state index contributed by atoms with van der Waals surface area (Å²) in [4.78, 5) is 21.3. The second-order valence-electron chi connectivity index (χ2n) is 6.18. The first-order chi connectivity index (χ1) is 13.1. The van der Waals surface area contributed by atoms with Crippen LogP contribution in [0.25, 0.3) is 16.5 Å². The molecule has 2 aromatic carbocycles. The number of hydrogen-bond donors (Lipinski definition) is 3. The van der Waals surface area contributed by atoms with Crippen LogP contribution in [0.5, 0.6) is 5.75 Å². The van der Waals surface area contributed by atoms with Crippen molar-refractivity contribution in [2.24, 2.45) is 0 Å². The number of para-hydroxylation sites is 3. The molecule has 4 rings (SSSR count). The van der Waals surface area contributed by atoms with Gasteiger partial charge in [-0.3, -0.25) is 10.2 Å². The van der Waals surface area contributed by atoms with Gasteiger partial charge in [0.15, 0.2) is 0 Å². The Kier molecular flexibility index (Phi) is 4.12. The van der Waals surface area contributed by atoms with Crippen molar-refractivity contribution in [3.63, 3.8) is 0 Å². The summed E-state index contributed by atoms with van der Waals surface area (Å²) < 4.78 is 5.40. The topological polar surface area (TPSA) is 102 Å². The number of benzene rings is 2. The number of aromatic amines is 1. The van der Waals surface area contributed by atoms with Crippen LogP contribution in [0.15, 0.2) is 59.1 Å². The lowest BCUT2D eigenvalue weighted by molar-refractivity contribution is 0.390. The van der Waals surface area contributed by atoms with Crippen LogP contribution in [-0.2, 0) is 0 Å². The van der Waals surface area contributed by atoms with Gasteiger partial charge in [-0.05, 0) is 24.3 Å². The Hall–Kier alpha value is -3.61. The molecule has 0 unspecified atom stereocenters. The van der Waals surface area contributed by atoms with Crippen molar-refractivity contribution in [2.75, 3.05) is 18.6 Å². The zero-order valence-electron chi connectivity index (χ0n) is 14.7. The molecule has 0 saturated carbocycles. The van der Waals surface area contributed by atoms with Crippen molar-refractivity contribution in [2.45, 2.75) is 6.42 Å². The van der Waals surface area contributed by atoms with Gasteiger partial charge >= 0.3 is 0 Å². The highest BCUT2D eigenvalue weighted by Gasteiger charge is 2.29. The summed E-state index contributed by atoms with van der Waals surface area (Å²) in [7, 11) is 1.57. The number of aliphatic hydroxyl groups is 1. The van der Waals surface area contributed by atoms with E-state index in [0.717, 1.165) is 5.69 Å². The minimum Gasteiger partial charge on any atom is -0.511 e. The molecule has 3 N–H and O–H groups in total. The molecule has 0 amide bonds. The Bertz CT molecular complexity index is 1130. The first-order valence-electron chi connectivity index (χ1n) is 8.51. The number of nitrogens with one attached hydrogen (secondary N) is 2. The highest BCUT2D eigenvalue weighted by atomic mass is 16.5. The van der Waals surface area contributed by atoms with Crippen LogP contribution in [0.1, 0.15) is 12.2 Å². The summed E-state index contributed by atoms with van der Waals surface area (Å²) in [5, 5.41) is 19.6. The third-order valence-electron chi connectivity index (χ3n) is 4.59. The molecule has 7 nitrogen and oxygen atoms in total. The molecule has 0 atom stereocenters. The van der Waals surface area contributed by atoms with E-state index in [1.54, 1.807) is 36.3 Å². The van der Waals surface area contributed by atoms with Crippen LogP contribution in [-0.4, -0.2) is 34.6 Å². The fourth-order valence-electron chi connectivity index (χ4n) is 3.27. The van der Waals surface area contributed by atoms with Gasteiger partial charge in [-0.25, -0.2) is 4.98 Å². The predicted molar refractivity (Wildman–Crippen MR) is 105 cm³/mol. The first kappa shape index (κ1) is 16.8. The predicted octanol–water partition coefficient (Wildman–Crippen LogP) is 3.09. The lowest BCUT2D eigenvalue weighted by Gasteiger charge is -2.31. The lowest BCUT2D eigenvalue weighted by atomic mass is 10.0. The smallest absolute Gasteiger partial charge is 0.259 e. The van der Waals surface area contributed by atoms with Crippen molar-refractivity contribution in [3.05, 3.63) is 70.5 Å². The summed E-state index contributed by atoms with van der Waals surface area (Å²) in [5.74, 6) is 0.898. The van der Waals surface area contributed by atoms with Gasteiger partial charge in [0.2, 0.25) is 0 Å². The number of ether oxygens (including phenoxy) is 1. The van der Waals surface area contributed by atoms with E-state index in [0.29, 0.717) is 29.6 Å². The molecule has 136 valence electrons. The van der Waals surface area contributed by atoms with Gasteiger partial charge in [-0.1, -0.05) is 24.3 Å². The maximum atomic E-state index is 12.4. The maximum Gasteiger partial charge on any atom is 0.259 e. The van der Waals surface area contributed by atoms with Crippen LogP contribution in [0.4, 0.5) is 5.69 Å². The molecule has 1 aliphatic heterocycles. The lowest BCUT2D eigenvalue weighted by Crippen LogP contribution is -2.37. The van der Waals surface area contributed by atoms with Crippen molar-refractivity contribution in [3.8, 4) is 5.75 Å². The van der Waals surface area contributed by atoms with E-state index in [-0.39, 0.29) is 28.6 Å². The summed E-state index contributed by atoms with van der Waals surface area (Å²) in [5.41, 5.74) is 1.14. The van der Waals surface area contributed by atoms with Crippen molar-refractivity contribution in [1.82, 2.24) is 9.97 Å². The van der Waals surface area contributed by atoms with Crippen LogP contribution in [0, 0.1) is 5.41 Å². The van der Waals surface area contributed by atoms with Crippen molar-refractivity contribution in [1.29, 1.82) is 5.41 Å². The van der Waals surface area contributed by atoms with Crippen molar-refractivity contribution >= 4 is 28.0 Å². The van der Waals surface area contributed by atoms with Gasteiger partial charge in [0.25, 0.3) is 5.56 Å². The van der Waals surface area contributed by atoms with Crippen LogP contribution in [0.2, 0.25) is 0 Å². The number of nitrogens with zero attached hydrogens (tertiary/aromatic N) is 2. The molecule has 27 heavy (non-hydrogen) atoms. The van der Waals surface area contributed by atoms with E-state index in [9.17, 15) is 9.90 Å². The van der Waals surface area contributed by atoms with Gasteiger partial charge in [-0.2, -0.15) is 0 Å². The summed E-state index contributed by atoms with van der Waals surface area (Å²) in [6.45, 7) is 0.423. The number of hydrogen-bond acceptors (Lipinski definition) is 5. The van der Waals surface area contributed by atoms with Crippen LogP contribution in [0.3, 0.4) is 0 Å². The third kappa shape index (κ3) is 2.83. The van der Waals surface area contributed by atoms with E-state index in [4.69, 9.17) is 10.1 Å². The molecular weight excluding hydrogens is 344 g/mol. The molecule has 7 heteroatoms. The number of rotatable bonds is 3. The third-order valence-corrected chi connectivity index (χ3v) is 4.59. The molecule has 0 fully saturated rings. The van der Waals surface area contributed by atoms with Gasteiger partial charge in [0.05, 0.1) is 29.3 Å². The Morgan fingerprint density at radius 3 is 2.74 bits per heavy atom. The fourth-order valence-corrected chi connectivity index (χ4v) is 3.27. The number of fused-ring (bicyclic) bond motifs is 1. The molecule has 0 bridgehead atoms. The van der Waals surface area contributed by atoms with Gasteiger partial charge in [-0.15, -0.1) is 0 Å². The molecule has 0 radical (unpaired) electrons. The number of methoxy groups -OCH3 is 1. The summed E-state index contributed by atoms with van der Waals surface area (Å²) >= 11 is 0. The molecule has 1 aliphatic rings. The number of aliphatic hydroxyl groups excluding tert-OH is 1. The van der Waals surface area contributed by atoms with Crippen molar-refractivity contribution < 1.29 is 9.84 Å². The van der Waals surface area contributed by atoms with Gasteiger partial charge < -0.3 is 19.7 Å². The van der Waals surface area contributed by atoms with E-state index >= 15 is 0 Å². The molecule has 1 aromatic heterocycles. The zero-order chi connectivity index (χ0) is 19.0. The Morgan fingerprint density at radius 2 is 1.93 bits per heavy atom. The monoisotopic (exact) mass is 362 g/mol. The molecular formula is C20H18N4O3. The second-order valence-corrected chi connectivity index (χ2v) is 6.18. The molecule has 3 aromatic rings. The SMILES string of the molecule is COc1ccccc1N1CCC(O)=C(c2nc3ccccc3c(=O)[nH]2)C1=N. The van der Waals surface area contributed by atoms with Gasteiger partial charge in [0.1, 0.15) is 23.2 Å². The first-order valence-corrected chi connectivity index (χ1v) is 8.51. The highest BCUT2D eigenvalue weighted by Crippen LogP contribution is 2.34. The molecule has 0 aliphatic carbocycles.